The fraction of sp³-hybridized carbons (Fsp3) is 0.464. The summed E-state index contributed by atoms with van der Waals surface area (Å²) in [7, 11) is 0. The highest BCUT2D eigenvalue weighted by Crippen LogP contribution is 2.46. The number of ketones is 1. The minimum absolute atomic E-state index is 0.0698. The lowest BCUT2D eigenvalue weighted by Crippen LogP contribution is -2.43. The molecule has 1 aliphatic heterocycles. The van der Waals surface area contributed by atoms with E-state index in [2.05, 4.69) is 19.2 Å². The molecule has 2 N–H and O–H groups in total. The molecule has 7 heteroatoms. The van der Waals surface area contributed by atoms with Gasteiger partial charge in [-0.1, -0.05) is 20.8 Å². The Morgan fingerprint density at radius 3 is 2.69 bits per heavy atom. The summed E-state index contributed by atoms with van der Waals surface area (Å²) in [4.78, 5) is 31.2. The summed E-state index contributed by atoms with van der Waals surface area (Å²) in [6.45, 7) is 8.20. The fourth-order valence-corrected chi connectivity index (χ4v) is 6.51. The van der Waals surface area contributed by atoms with E-state index in [4.69, 9.17) is 4.98 Å². The number of fused-ring (bicyclic) bond motifs is 5. The number of benzene rings is 1. The second kappa shape index (κ2) is 7.55. The number of pyridine rings is 2. The topological polar surface area (TPSA) is 84.2 Å². The summed E-state index contributed by atoms with van der Waals surface area (Å²) in [5.74, 6) is -0.520. The van der Waals surface area contributed by atoms with Crippen LogP contribution in [0.2, 0.25) is 0 Å². The first-order valence-corrected chi connectivity index (χ1v) is 12.6. The molecule has 0 spiro atoms. The van der Waals surface area contributed by atoms with Gasteiger partial charge in [0.1, 0.15) is 11.4 Å². The molecule has 2 unspecified atom stereocenters. The molecule has 3 aliphatic rings. The molecule has 3 heterocycles. The molecule has 0 bridgehead atoms. The van der Waals surface area contributed by atoms with Crippen LogP contribution in [0.1, 0.15) is 79.5 Å². The molecule has 2 aromatic heterocycles. The highest BCUT2D eigenvalue weighted by atomic mass is 19.1. The number of nitrogens with zero attached hydrogens (tertiary/aromatic N) is 2. The third-order valence-corrected chi connectivity index (χ3v) is 8.29. The summed E-state index contributed by atoms with van der Waals surface area (Å²) in [6, 6.07) is 3.61. The van der Waals surface area contributed by atoms with Crippen LogP contribution < -0.4 is 10.9 Å². The Morgan fingerprint density at radius 1 is 1.20 bits per heavy atom. The van der Waals surface area contributed by atoms with E-state index in [9.17, 15) is 19.1 Å². The normalized spacial score (nSPS) is 22.5. The zero-order valence-corrected chi connectivity index (χ0v) is 20.6. The molecule has 2 atom stereocenters. The third-order valence-electron chi connectivity index (χ3n) is 8.29. The van der Waals surface area contributed by atoms with Crippen LogP contribution in [0.25, 0.3) is 22.3 Å². The first-order valence-electron chi connectivity index (χ1n) is 12.6. The van der Waals surface area contributed by atoms with Gasteiger partial charge in [-0.15, -0.1) is 0 Å². The Bertz CT molecular complexity index is 1510. The van der Waals surface area contributed by atoms with Gasteiger partial charge in [0.25, 0.3) is 5.56 Å². The molecular weight excluding hydrogens is 445 g/mol. The molecule has 182 valence electrons. The number of aryl methyl sites for hydroxylation is 1. The zero-order chi connectivity index (χ0) is 24.8. The maximum atomic E-state index is 14.9. The molecule has 3 aromatic rings. The summed E-state index contributed by atoms with van der Waals surface area (Å²) in [5.41, 5.74) is 4.68. The van der Waals surface area contributed by atoms with Gasteiger partial charge >= 0.3 is 0 Å². The minimum atomic E-state index is -1.66. The molecule has 6 rings (SSSR count). The number of carbonyl (C=O) groups excluding carboxylic acids is 1. The quantitative estimate of drug-likeness (QED) is 0.469. The number of rotatable bonds is 3. The van der Waals surface area contributed by atoms with Crippen LogP contribution in [-0.4, -0.2) is 26.5 Å². The van der Waals surface area contributed by atoms with E-state index in [1.165, 1.54) is 6.07 Å². The van der Waals surface area contributed by atoms with Crippen molar-refractivity contribution in [1.82, 2.24) is 14.9 Å². The van der Waals surface area contributed by atoms with Crippen LogP contribution in [0.4, 0.5) is 4.39 Å². The lowest BCUT2D eigenvalue weighted by molar-refractivity contribution is -0.140. The van der Waals surface area contributed by atoms with Gasteiger partial charge in [0, 0.05) is 46.6 Å². The van der Waals surface area contributed by atoms with Crippen LogP contribution in [0.3, 0.4) is 0 Å². The number of aromatic nitrogens is 2. The minimum Gasteiger partial charge on any atom is -0.377 e. The second-order valence-electron chi connectivity index (χ2n) is 10.6. The maximum absolute atomic E-state index is 14.9. The van der Waals surface area contributed by atoms with Crippen LogP contribution >= 0.6 is 0 Å². The molecule has 0 amide bonds. The molecular formula is C28H30FN3O3. The Kier molecular flexibility index (Phi) is 4.86. The summed E-state index contributed by atoms with van der Waals surface area (Å²) >= 11 is 0. The fourth-order valence-electron chi connectivity index (χ4n) is 6.51. The summed E-state index contributed by atoms with van der Waals surface area (Å²) in [6.07, 6.45) is 2.31. The van der Waals surface area contributed by atoms with E-state index < -0.39 is 5.60 Å². The Hall–Kier alpha value is -2.90. The van der Waals surface area contributed by atoms with Gasteiger partial charge < -0.3 is 15.0 Å². The van der Waals surface area contributed by atoms with E-state index in [1.807, 2.05) is 6.92 Å². The smallest absolute Gasteiger partial charge is 0.254 e. The van der Waals surface area contributed by atoms with Crippen molar-refractivity contribution in [2.45, 2.75) is 84.0 Å². The molecule has 0 saturated carbocycles. The maximum Gasteiger partial charge on any atom is 0.254 e. The van der Waals surface area contributed by atoms with E-state index in [0.717, 1.165) is 34.9 Å². The highest BCUT2D eigenvalue weighted by molar-refractivity contribution is 5.94. The molecule has 2 aliphatic carbocycles. The van der Waals surface area contributed by atoms with Gasteiger partial charge in [-0.25, -0.2) is 9.37 Å². The van der Waals surface area contributed by atoms with Gasteiger partial charge in [0.2, 0.25) is 0 Å². The highest BCUT2D eigenvalue weighted by Gasteiger charge is 2.43. The number of halogens is 1. The van der Waals surface area contributed by atoms with E-state index >= 15 is 0 Å². The summed E-state index contributed by atoms with van der Waals surface area (Å²) < 4.78 is 16.6. The second-order valence-corrected chi connectivity index (χ2v) is 10.6. The van der Waals surface area contributed by atoms with Crippen molar-refractivity contribution in [3.05, 3.63) is 61.7 Å². The van der Waals surface area contributed by atoms with Crippen molar-refractivity contribution < 1.29 is 14.3 Å². The molecule has 0 fully saturated rings. The van der Waals surface area contributed by atoms with Crippen molar-refractivity contribution in [3.8, 4) is 11.4 Å². The number of hydrogen-bond acceptors (Lipinski definition) is 5. The van der Waals surface area contributed by atoms with Crippen molar-refractivity contribution in [2.75, 3.05) is 0 Å². The lowest BCUT2D eigenvalue weighted by atomic mass is 9.77. The Balaban J connectivity index is 1.68. The lowest BCUT2D eigenvalue weighted by Gasteiger charge is -2.32. The van der Waals surface area contributed by atoms with E-state index in [-0.39, 0.29) is 42.1 Å². The van der Waals surface area contributed by atoms with Crippen molar-refractivity contribution in [2.24, 2.45) is 0 Å². The average Bonchev–Trinajstić information content (AvgIpc) is 3.19. The van der Waals surface area contributed by atoms with Gasteiger partial charge in [-0.2, -0.15) is 0 Å². The number of nitrogens with one attached hydrogen (secondary N) is 1. The standard InChI is InChI=1S/C28H30FN3O3/c1-5-28(35)18-10-22-26-17(12-32(22)27(34)16(18)7-9-23(28)33)25-20(30-13(2)3)8-6-15-14(4)19(29)11-21(31-26)24(15)25/h10-11,13,20,30,35H,5-9,12H2,1-4H3. The van der Waals surface area contributed by atoms with Crippen molar-refractivity contribution >= 4 is 16.7 Å². The number of hydrogen-bond donors (Lipinski definition) is 2. The molecule has 35 heavy (non-hydrogen) atoms. The predicted molar refractivity (Wildman–Crippen MR) is 132 cm³/mol. The first kappa shape index (κ1) is 22.6. The zero-order valence-electron chi connectivity index (χ0n) is 20.6. The third kappa shape index (κ3) is 2.97. The summed E-state index contributed by atoms with van der Waals surface area (Å²) in [5, 5.41) is 15.9. The molecule has 0 saturated heterocycles. The predicted octanol–water partition coefficient (Wildman–Crippen LogP) is 3.97. The molecule has 6 nitrogen and oxygen atoms in total. The van der Waals surface area contributed by atoms with Gasteiger partial charge in [-0.05, 0) is 55.4 Å². The van der Waals surface area contributed by atoms with E-state index in [0.29, 0.717) is 46.6 Å². The number of aliphatic hydroxyl groups is 1. The first-order chi connectivity index (χ1) is 16.7. The monoisotopic (exact) mass is 475 g/mol. The van der Waals surface area contributed by atoms with Crippen LogP contribution in [0.5, 0.6) is 0 Å². The van der Waals surface area contributed by atoms with Gasteiger partial charge in [0.05, 0.1) is 23.4 Å². The molecule has 0 radical (unpaired) electrons. The average molecular weight is 476 g/mol. The van der Waals surface area contributed by atoms with E-state index in [1.54, 1.807) is 17.6 Å². The van der Waals surface area contributed by atoms with Gasteiger partial charge in [-0.3, -0.25) is 9.59 Å². The van der Waals surface area contributed by atoms with Crippen molar-refractivity contribution in [1.29, 1.82) is 0 Å². The SMILES string of the molecule is CCC1(O)C(=O)CCc2c1cc1n(c2=O)Cc2c-1nc1cc(F)c(C)c3c1c2C(NC(C)C)CC3. The largest absolute Gasteiger partial charge is 0.377 e. The Morgan fingerprint density at radius 2 is 1.97 bits per heavy atom. The van der Waals surface area contributed by atoms with Crippen LogP contribution in [-0.2, 0) is 29.8 Å². The molecule has 1 aromatic carbocycles. The van der Waals surface area contributed by atoms with Gasteiger partial charge in [0.15, 0.2) is 5.78 Å². The van der Waals surface area contributed by atoms with Crippen LogP contribution in [0.15, 0.2) is 16.9 Å². The van der Waals surface area contributed by atoms with Crippen LogP contribution in [0, 0.1) is 12.7 Å². The number of Topliss-reactive ketones (excluding diaryl/α,β-unsaturated/α-hetero) is 1. The Labute approximate surface area is 203 Å². The van der Waals surface area contributed by atoms with Crippen molar-refractivity contribution in [3.63, 3.8) is 0 Å². The number of carbonyl (C=O) groups is 1.